The molecule has 50 valence electrons. The van der Waals surface area contributed by atoms with Crippen LogP contribution >= 0.6 is 0 Å². The smallest absolute Gasteiger partial charge is 0.193 e. The first-order valence-electron chi connectivity index (χ1n) is 2.12. The Hall–Kier alpha value is -0.990. The normalized spacial score (nSPS) is 12.3. The molecule has 0 aliphatic carbocycles. The van der Waals surface area contributed by atoms with Crippen molar-refractivity contribution in [3.63, 3.8) is 0 Å². The van der Waals surface area contributed by atoms with Crippen molar-refractivity contribution in [3.8, 4) is 0 Å². The van der Waals surface area contributed by atoms with Gasteiger partial charge in [-0.15, -0.1) is 0 Å². The van der Waals surface area contributed by atoms with Crippen molar-refractivity contribution in [1.82, 2.24) is 0 Å². The van der Waals surface area contributed by atoms with Crippen molar-refractivity contribution in [3.05, 3.63) is 36.7 Å². The second-order valence-corrected chi connectivity index (χ2v) is 1.27. The van der Waals surface area contributed by atoms with Gasteiger partial charge in [0.25, 0.3) is 0 Å². The predicted molar refractivity (Wildman–Crippen MR) is 29.7 cm³/mol. The molecule has 0 aromatic heterocycles. The molecule has 3 heteroatoms. The molecule has 0 unspecified atom stereocenters. The molecule has 0 bridgehead atoms. The number of allylic oxidation sites excluding steroid dienone is 4. The lowest BCUT2D eigenvalue weighted by atomic mass is 10.4. The zero-order valence-electron chi connectivity index (χ0n) is 4.63. The topological polar surface area (TPSA) is 0 Å². The summed E-state index contributed by atoms with van der Waals surface area (Å²) in [5.74, 6) is -4.35. The minimum absolute atomic E-state index is 0.570. The average molecular weight is 134 g/mol. The summed E-state index contributed by atoms with van der Waals surface area (Å²) in [4.78, 5) is 0. The van der Waals surface area contributed by atoms with Crippen molar-refractivity contribution in [1.29, 1.82) is 0 Å². The SMILES string of the molecule is C=C/C(F)=C(/F)C(=C)F. The molecule has 0 aliphatic heterocycles. The molecule has 0 nitrogen and oxygen atoms in total. The molecule has 0 atom stereocenters. The molecule has 0 amide bonds. The molecule has 0 aliphatic rings. The summed E-state index contributed by atoms with van der Waals surface area (Å²) < 4.78 is 35.4. The van der Waals surface area contributed by atoms with Gasteiger partial charge in [0.1, 0.15) is 0 Å². The van der Waals surface area contributed by atoms with E-state index in [1.165, 1.54) is 0 Å². The Morgan fingerprint density at radius 3 is 1.78 bits per heavy atom. The zero-order chi connectivity index (χ0) is 7.44. The van der Waals surface area contributed by atoms with Crippen molar-refractivity contribution in [2.75, 3.05) is 0 Å². The first kappa shape index (κ1) is 8.01. The molecule has 0 aromatic rings. The fourth-order valence-electron chi connectivity index (χ4n) is 0.219. The lowest BCUT2D eigenvalue weighted by Crippen LogP contribution is -1.75. The molecular weight excluding hydrogens is 129 g/mol. The number of rotatable bonds is 2. The fraction of sp³-hybridized carbons (Fsp3) is 0. The molecule has 0 fully saturated rings. The Bertz CT molecular complexity index is 167. The maximum atomic E-state index is 11.9. The summed E-state index contributed by atoms with van der Waals surface area (Å²) in [5, 5.41) is 0. The predicted octanol–water partition coefficient (Wildman–Crippen LogP) is 2.81. The van der Waals surface area contributed by atoms with E-state index < -0.39 is 17.5 Å². The van der Waals surface area contributed by atoms with Crippen LogP contribution in [0.25, 0.3) is 0 Å². The minimum Gasteiger partial charge on any atom is -0.204 e. The minimum atomic E-state index is -1.59. The van der Waals surface area contributed by atoms with E-state index in [9.17, 15) is 13.2 Å². The van der Waals surface area contributed by atoms with Gasteiger partial charge in [-0.3, -0.25) is 0 Å². The maximum Gasteiger partial charge on any atom is 0.193 e. The van der Waals surface area contributed by atoms with Crippen LogP contribution in [0.3, 0.4) is 0 Å². The van der Waals surface area contributed by atoms with Crippen LogP contribution in [0, 0.1) is 0 Å². The summed E-state index contributed by atoms with van der Waals surface area (Å²) in [7, 11) is 0. The van der Waals surface area contributed by atoms with Crippen LogP contribution in [-0.4, -0.2) is 0 Å². The molecule has 9 heavy (non-hydrogen) atoms. The van der Waals surface area contributed by atoms with Crippen LogP contribution in [0.15, 0.2) is 36.7 Å². The van der Waals surface area contributed by atoms with E-state index in [1.54, 1.807) is 0 Å². The van der Waals surface area contributed by atoms with Crippen molar-refractivity contribution in [2.24, 2.45) is 0 Å². The molecule has 0 rings (SSSR count). The van der Waals surface area contributed by atoms with Gasteiger partial charge in [-0.2, -0.15) is 0 Å². The van der Waals surface area contributed by atoms with Crippen LogP contribution in [0.5, 0.6) is 0 Å². The Morgan fingerprint density at radius 1 is 1.22 bits per heavy atom. The third-order valence-electron chi connectivity index (χ3n) is 0.627. The zero-order valence-corrected chi connectivity index (χ0v) is 4.63. The highest BCUT2D eigenvalue weighted by atomic mass is 19.2. The molecular formula is C6H5F3. The molecule has 0 saturated heterocycles. The maximum absolute atomic E-state index is 11.9. The van der Waals surface area contributed by atoms with Crippen LogP contribution < -0.4 is 0 Å². The van der Waals surface area contributed by atoms with Gasteiger partial charge in [-0.05, 0) is 6.08 Å². The second-order valence-electron chi connectivity index (χ2n) is 1.27. The van der Waals surface area contributed by atoms with Gasteiger partial charge in [0.05, 0.1) is 0 Å². The average Bonchev–Trinajstić information content (AvgIpc) is 1.84. The van der Waals surface area contributed by atoms with Gasteiger partial charge >= 0.3 is 0 Å². The molecule has 0 saturated carbocycles. The lowest BCUT2D eigenvalue weighted by Gasteiger charge is -1.88. The van der Waals surface area contributed by atoms with Crippen LogP contribution in [0.4, 0.5) is 13.2 Å². The van der Waals surface area contributed by atoms with Gasteiger partial charge in [-0.1, -0.05) is 13.2 Å². The molecule has 0 spiro atoms. The summed E-state index contributed by atoms with van der Waals surface area (Å²) >= 11 is 0. The van der Waals surface area contributed by atoms with Crippen molar-refractivity contribution in [2.45, 2.75) is 0 Å². The van der Waals surface area contributed by atoms with Gasteiger partial charge in [0, 0.05) is 0 Å². The third kappa shape index (κ3) is 2.17. The number of hydrogen-bond acceptors (Lipinski definition) is 0. The summed E-state index contributed by atoms with van der Waals surface area (Å²) in [6.45, 7) is 5.42. The number of hydrogen-bond donors (Lipinski definition) is 0. The Labute approximate surface area is 51.0 Å². The highest BCUT2D eigenvalue weighted by Gasteiger charge is 2.04. The van der Waals surface area contributed by atoms with Crippen LogP contribution in [0.1, 0.15) is 0 Å². The van der Waals surface area contributed by atoms with Crippen molar-refractivity contribution < 1.29 is 13.2 Å². The van der Waals surface area contributed by atoms with E-state index in [0.717, 1.165) is 0 Å². The molecule has 0 radical (unpaired) electrons. The summed E-state index contributed by atoms with van der Waals surface area (Å²) in [6.07, 6.45) is 0.570. The standard InChI is InChI=1S/C6H5F3/c1-3-5(8)6(9)4(2)7/h3H,1-2H2/b6-5-. The monoisotopic (exact) mass is 134 g/mol. The fourth-order valence-corrected chi connectivity index (χ4v) is 0.219. The highest BCUT2D eigenvalue weighted by molar-refractivity contribution is 5.24. The quantitative estimate of drug-likeness (QED) is 0.509. The first-order chi connectivity index (χ1) is 4.09. The van der Waals surface area contributed by atoms with Crippen molar-refractivity contribution >= 4 is 0 Å². The van der Waals surface area contributed by atoms with E-state index in [2.05, 4.69) is 13.2 Å². The van der Waals surface area contributed by atoms with E-state index in [4.69, 9.17) is 0 Å². The second kappa shape index (κ2) is 3.12. The van der Waals surface area contributed by atoms with Gasteiger partial charge in [0.2, 0.25) is 0 Å². The van der Waals surface area contributed by atoms with Gasteiger partial charge in [-0.25, -0.2) is 13.2 Å². The van der Waals surface area contributed by atoms with E-state index in [0.29, 0.717) is 6.08 Å². The Balaban J connectivity index is 4.47. The molecule has 0 N–H and O–H groups in total. The van der Waals surface area contributed by atoms with Crippen LogP contribution in [0.2, 0.25) is 0 Å². The van der Waals surface area contributed by atoms with Gasteiger partial charge < -0.3 is 0 Å². The highest BCUT2D eigenvalue weighted by Crippen LogP contribution is 2.16. The lowest BCUT2D eigenvalue weighted by molar-refractivity contribution is 0.506. The first-order valence-corrected chi connectivity index (χ1v) is 2.12. The molecule has 0 heterocycles. The largest absolute Gasteiger partial charge is 0.204 e. The van der Waals surface area contributed by atoms with E-state index in [-0.39, 0.29) is 0 Å². The van der Waals surface area contributed by atoms with E-state index >= 15 is 0 Å². The Morgan fingerprint density at radius 2 is 1.67 bits per heavy atom. The Kier molecular flexibility index (Phi) is 2.78. The van der Waals surface area contributed by atoms with E-state index in [1.807, 2.05) is 0 Å². The summed E-state index contributed by atoms with van der Waals surface area (Å²) in [6, 6.07) is 0. The molecule has 0 aromatic carbocycles. The third-order valence-corrected chi connectivity index (χ3v) is 0.627. The number of halogens is 3. The van der Waals surface area contributed by atoms with Crippen LogP contribution in [-0.2, 0) is 0 Å². The van der Waals surface area contributed by atoms with Gasteiger partial charge in [0.15, 0.2) is 17.5 Å². The summed E-state index contributed by atoms with van der Waals surface area (Å²) in [5.41, 5.74) is 0.